The molecule has 0 atom stereocenters. The lowest BCUT2D eigenvalue weighted by Crippen LogP contribution is -2.11. The highest BCUT2D eigenvalue weighted by Crippen LogP contribution is 2.23. The average molecular weight is 332 g/mol. The summed E-state index contributed by atoms with van der Waals surface area (Å²) < 4.78 is 10.8. The molecule has 0 spiro atoms. The number of anilines is 1. The van der Waals surface area contributed by atoms with Crippen LogP contribution in [0, 0.1) is 18.3 Å². The second-order valence-electron chi connectivity index (χ2n) is 5.51. The molecule has 2 aromatic carbocycles. The fraction of sp³-hybridized carbons (Fsp3) is 0.100. The van der Waals surface area contributed by atoms with Crippen molar-refractivity contribution in [3.8, 4) is 11.8 Å². The molecule has 124 valence electrons. The van der Waals surface area contributed by atoms with Crippen LogP contribution in [0.5, 0.6) is 5.75 Å². The first-order chi connectivity index (χ1) is 12.2. The van der Waals surface area contributed by atoms with Crippen LogP contribution < -0.4 is 10.1 Å². The normalized spacial score (nSPS) is 10.1. The third-order valence-corrected chi connectivity index (χ3v) is 3.65. The first-order valence-electron chi connectivity index (χ1n) is 7.73. The van der Waals surface area contributed by atoms with Crippen molar-refractivity contribution in [1.82, 2.24) is 0 Å². The monoisotopic (exact) mass is 332 g/mol. The van der Waals surface area contributed by atoms with Gasteiger partial charge in [0.15, 0.2) is 5.76 Å². The molecule has 1 heterocycles. The van der Waals surface area contributed by atoms with Gasteiger partial charge < -0.3 is 14.5 Å². The van der Waals surface area contributed by atoms with E-state index in [1.807, 2.05) is 25.1 Å². The van der Waals surface area contributed by atoms with E-state index in [0.717, 1.165) is 11.1 Å². The molecule has 0 bridgehead atoms. The van der Waals surface area contributed by atoms with Crippen molar-refractivity contribution in [3.05, 3.63) is 83.3 Å². The maximum atomic E-state index is 12.0. The van der Waals surface area contributed by atoms with Gasteiger partial charge in [0.1, 0.15) is 12.4 Å². The van der Waals surface area contributed by atoms with Crippen LogP contribution in [0.15, 0.2) is 65.3 Å². The van der Waals surface area contributed by atoms with Gasteiger partial charge in [0.25, 0.3) is 5.91 Å². The molecule has 0 aliphatic rings. The fourth-order valence-electron chi connectivity index (χ4n) is 2.36. The Kier molecular flexibility index (Phi) is 4.82. The summed E-state index contributed by atoms with van der Waals surface area (Å²) in [4.78, 5) is 12.0. The zero-order valence-corrected chi connectivity index (χ0v) is 13.7. The fourth-order valence-corrected chi connectivity index (χ4v) is 2.36. The number of rotatable bonds is 5. The van der Waals surface area contributed by atoms with Crippen LogP contribution in [0.4, 0.5) is 5.69 Å². The number of nitrogens with zero attached hydrogens (tertiary/aromatic N) is 1. The SMILES string of the molecule is Cc1cc(OCc2cccc(C#N)c2)ccc1NC(=O)c1ccco1. The Morgan fingerprint density at radius 1 is 1.20 bits per heavy atom. The van der Waals surface area contributed by atoms with Crippen molar-refractivity contribution >= 4 is 11.6 Å². The maximum absolute atomic E-state index is 12.0. The molecule has 3 rings (SSSR count). The molecule has 0 saturated heterocycles. The van der Waals surface area contributed by atoms with Crippen molar-refractivity contribution in [2.45, 2.75) is 13.5 Å². The molecule has 3 aromatic rings. The molecule has 0 fully saturated rings. The molecular formula is C20H16N2O3. The lowest BCUT2D eigenvalue weighted by molar-refractivity contribution is 0.0996. The van der Waals surface area contributed by atoms with Gasteiger partial charge in [0.05, 0.1) is 17.9 Å². The van der Waals surface area contributed by atoms with Crippen LogP contribution in [-0.2, 0) is 6.61 Å². The molecular weight excluding hydrogens is 316 g/mol. The quantitative estimate of drug-likeness (QED) is 0.756. The van der Waals surface area contributed by atoms with Crippen molar-refractivity contribution in [2.24, 2.45) is 0 Å². The summed E-state index contributed by atoms with van der Waals surface area (Å²) in [6, 6.07) is 18.1. The number of ether oxygens (including phenoxy) is 1. The molecule has 1 N–H and O–H groups in total. The largest absolute Gasteiger partial charge is 0.489 e. The Labute approximate surface area is 145 Å². The van der Waals surface area contributed by atoms with Gasteiger partial charge >= 0.3 is 0 Å². The Bertz CT molecular complexity index is 924. The van der Waals surface area contributed by atoms with Gasteiger partial charge in [-0.05, 0) is 60.5 Å². The summed E-state index contributed by atoms with van der Waals surface area (Å²) in [5.41, 5.74) is 3.10. The Hall–Kier alpha value is -3.52. The Balaban J connectivity index is 1.65. The predicted octanol–water partition coefficient (Wildman–Crippen LogP) is 4.29. The number of furan rings is 1. The zero-order chi connectivity index (χ0) is 17.6. The van der Waals surface area contributed by atoms with Gasteiger partial charge in [-0.15, -0.1) is 0 Å². The van der Waals surface area contributed by atoms with E-state index >= 15 is 0 Å². The highest BCUT2D eigenvalue weighted by Gasteiger charge is 2.10. The van der Waals surface area contributed by atoms with Crippen LogP contribution in [0.25, 0.3) is 0 Å². The Morgan fingerprint density at radius 3 is 2.80 bits per heavy atom. The van der Waals surface area contributed by atoms with Gasteiger partial charge in [0, 0.05) is 5.69 Å². The van der Waals surface area contributed by atoms with Crippen molar-refractivity contribution in [3.63, 3.8) is 0 Å². The smallest absolute Gasteiger partial charge is 0.291 e. The van der Waals surface area contributed by atoms with Gasteiger partial charge in [-0.3, -0.25) is 4.79 Å². The summed E-state index contributed by atoms with van der Waals surface area (Å²) in [6.45, 7) is 2.26. The molecule has 0 aliphatic carbocycles. The number of nitriles is 1. The number of amides is 1. The molecule has 1 aromatic heterocycles. The number of carbonyl (C=O) groups is 1. The summed E-state index contributed by atoms with van der Waals surface area (Å²) in [6.07, 6.45) is 1.46. The van der Waals surface area contributed by atoms with Crippen LogP contribution in [0.3, 0.4) is 0 Å². The number of hydrogen-bond donors (Lipinski definition) is 1. The molecule has 1 amide bonds. The van der Waals surface area contributed by atoms with Crippen molar-refractivity contribution in [2.75, 3.05) is 5.32 Å². The highest BCUT2D eigenvalue weighted by atomic mass is 16.5. The van der Waals surface area contributed by atoms with Crippen LogP contribution in [0.1, 0.15) is 27.2 Å². The van der Waals surface area contributed by atoms with E-state index in [4.69, 9.17) is 14.4 Å². The van der Waals surface area contributed by atoms with Gasteiger partial charge in [-0.1, -0.05) is 12.1 Å². The molecule has 0 saturated carbocycles. The highest BCUT2D eigenvalue weighted by molar-refractivity contribution is 6.02. The number of benzene rings is 2. The minimum Gasteiger partial charge on any atom is -0.489 e. The van der Waals surface area contributed by atoms with E-state index in [1.54, 1.807) is 36.4 Å². The van der Waals surface area contributed by atoms with Crippen molar-refractivity contribution in [1.29, 1.82) is 5.26 Å². The van der Waals surface area contributed by atoms with E-state index < -0.39 is 0 Å². The minimum absolute atomic E-state index is 0.261. The van der Waals surface area contributed by atoms with Gasteiger partial charge in [0.2, 0.25) is 0 Å². The second-order valence-corrected chi connectivity index (χ2v) is 5.51. The zero-order valence-electron chi connectivity index (χ0n) is 13.7. The number of hydrogen-bond acceptors (Lipinski definition) is 4. The number of carbonyl (C=O) groups excluding carboxylic acids is 1. The lowest BCUT2D eigenvalue weighted by atomic mass is 10.1. The molecule has 0 unspecified atom stereocenters. The summed E-state index contributed by atoms with van der Waals surface area (Å²) in [5.74, 6) is 0.656. The molecule has 0 radical (unpaired) electrons. The number of nitrogens with one attached hydrogen (secondary N) is 1. The van der Waals surface area contributed by atoms with E-state index in [9.17, 15) is 4.79 Å². The van der Waals surface area contributed by atoms with Crippen LogP contribution >= 0.6 is 0 Å². The molecule has 0 aliphatic heterocycles. The minimum atomic E-state index is -0.296. The van der Waals surface area contributed by atoms with E-state index in [-0.39, 0.29) is 11.7 Å². The lowest BCUT2D eigenvalue weighted by Gasteiger charge is -2.11. The summed E-state index contributed by atoms with van der Waals surface area (Å²) >= 11 is 0. The van der Waals surface area contributed by atoms with E-state index in [0.29, 0.717) is 23.6 Å². The topological polar surface area (TPSA) is 75.3 Å². The van der Waals surface area contributed by atoms with E-state index in [2.05, 4.69) is 11.4 Å². The average Bonchev–Trinajstić information content (AvgIpc) is 3.17. The first kappa shape index (κ1) is 16.3. The first-order valence-corrected chi connectivity index (χ1v) is 7.73. The third kappa shape index (κ3) is 4.06. The third-order valence-electron chi connectivity index (χ3n) is 3.65. The summed E-state index contributed by atoms with van der Waals surface area (Å²) in [7, 11) is 0. The number of aryl methyl sites for hydroxylation is 1. The predicted molar refractivity (Wildman–Crippen MR) is 93.3 cm³/mol. The molecule has 5 heteroatoms. The molecule has 25 heavy (non-hydrogen) atoms. The molecule has 5 nitrogen and oxygen atoms in total. The Morgan fingerprint density at radius 2 is 2.08 bits per heavy atom. The standard InChI is InChI=1S/C20H16N2O3/c1-14-10-17(25-13-16-5-2-4-15(11-16)12-21)7-8-18(14)22-20(23)19-6-3-9-24-19/h2-11H,13H2,1H3,(H,22,23). The van der Waals surface area contributed by atoms with Gasteiger partial charge in [-0.25, -0.2) is 0 Å². The van der Waals surface area contributed by atoms with Crippen molar-refractivity contribution < 1.29 is 13.9 Å². The second kappa shape index (κ2) is 7.37. The van der Waals surface area contributed by atoms with Crippen LogP contribution in [0.2, 0.25) is 0 Å². The maximum Gasteiger partial charge on any atom is 0.291 e. The van der Waals surface area contributed by atoms with Crippen LogP contribution in [-0.4, -0.2) is 5.91 Å². The van der Waals surface area contributed by atoms with Gasteiger partial charge in [-0.2, -0.15) is 5.26 Å². The van der Waals surface area contributed by atoms with E-state index in [1.165, 1.54) is 6.26 Å². The summed E-state index contributed by atoms with van der Waals surface area (Å²) in [5, 5.41) is 11.7.